The van der Waals surface area contributed by atoms with Crippen molar-refractivity contribution in [2.24, 2.45) is 0 Å². The summed E-state index contributed by atoms with van der Waals surface area (Å²) in [6, 6.07) is 135. The van der Waals surface area contributed by atoms with E-state index in [0.29, 0.717) is 0 Å². The first kappa shape index (κ1) is 71.4. The van der Waals surface area contributed by atoms with Crippen LogP contribution in [0.2, 0.25) is 0 Å². The summed E-state index contributed by atoms with van der Waals surface area (Å²) in [6.45, 7) is 0. The second-order valence-electron chi connectivity index (χ2n) is 30.8. The topological polar surface area (TPSA) is 110 Å². The largest absolute Gasteiger partial charge is 0.309 e. The number of para-hydroxylation sites is 3. The summed E-state index contributed by atoms with van der Waals surface area (Å²) in [6.07, 6.45) is 7.55. The van der Waals surface area contributed by atoms with Crippen molar-refractivity contribution in [2.75, 3.05) is 0 Å². The van der Waals surface area contributed by atoms with Crippen LogP contribution < -0.4 is 0 Å². The first-order chi connectivity index (χ1) is 61.0. The zero-order valence-corrected chi connectivity index (χ0v) is 68.3. The zero-order valence-electron chi connectivity index (χ0n) is 65.8. The second-order valence-corrected chi connectivity index (χ2v) is 33.9. The Morgan fingerprint density at radius 2 is 0.593 bits per heavy atom. The van der Waals surface area contributed by atoms with Gasteiger partial charge in [-0.05, 0) is 142 Å². The Morgan fingerprint density at radius 1 is 0.220 bits per heavy atom. The van der Waals surface area contributed by atoms with Crippen LogP contribution in [0.25, 0.3) is 228 Å². The van der Waals surface area contributed by atoms with E-state index in [-0.39, 0.29) is 0 Å². The average molecular weight is 1630 g/mol. The van der Waals surface area contributed by atoms with Gasteiger partial charge in [-0.15, -0.1) is 44.2 Å². The number of hydrogen-bond donors (Lipinski definition) is 0. The van der Waals surface area contributed by atoms with Crippen molar-refractivity contribution in [1.82, 2.24) is 53.4 Å². The third-order valence-electron chi connectivity index (χ3n) is 23.6. The lowest BCUT2D eigenvalue weighted by atomic mass is 10.1. The van der Waals surface area contributed by atoms with Crippen LogP contribution in [-0.2, 0) is 0 Å². The molecular weight excluding hydrogens is 1560 g/mol. The van der Waals surface area contributed by atoms with E-state index >= 15 is 0 Å². The average Bonchev–Trinajstić information content (AvgIpc) is 1.58. The Labute approximate surface area is 716 Å². The molecule has 576 valence electrons. The number of rotatable bonds is 10. The third-order valence-corrected chi connectivity index (χ3v) is 27.2. The highest BCUT2D eigenvalue weighted by Crippen LogP contribution is 2.48. The predicted molar refractivity (Wildman–Crippen MR) is 515 cm³/mol. The number of nitrogens with zero attached hydrogens (tertiary/aromatic N) is 11. The van der Waals surface area contributed by atoms with Gasteiger partial charge in [0.2, 0.25) is 0 Å². The molecule has 0 aliphatic carbocycles. The monoisotopic (exact) mass is 1630 g/mol. The Balaban J connectivity index is 0.000000105. The normalized spacial score (nSPS) is 11.7. The van der Waals surface area contributed by atoms with Crippen LogP contribution >= 0.6 is 34.0 Å². The summed E-state index contributed by atoms with van der Waals surface area (Å²) < 4.78 is 13.1. The van der Waals surface area contributed by atoms with Gasteiger partial charge >= 0.3 is 0 Å². The number of aromatic nitrogens is 11. The quantitative estimate of drug-likeness (QED) is 0.125. The van der Waals surface area contributed by atoms with Crippen molar-refractivity contribution >= 4 is 173 Å². The molecule has 0 saturated heterocycles. The van der Waals surface area contributed by atoms with Crippen molar-refractivity contribution in [1.29, 1.82) is 0 Å². The molecule has 0 saturated carbocycles. The summed E-state index contributed by atoms with van der Waals surface area (Å²) in [5.74, 6) is 2.50. The predicted octanol–water partition coefficient (Wildman–Crippen LogP) is 29.2. The Kier molecular flexibility index (Phi) is 17.2. The van der Waals surface area contributed by atoms with Gasteiger partial charge in [-0.3, -0.25) is 29.1 Å². The lowest BCUT2D eigenvalue weighted by molar-refractivity contribution is 1.06. The van der Waals surface area contributed by atoms with Crippen molar-refractivity contribution in [3.05, 3.63) is 407 Å². The van der Waals surface area contributed by atoms with E-state index in [1.165, 1.54) is 116 Å². The highest BCUT2D eigenvalue weighted by molar-refractivity contribution is 7.24. The minimum atomic E-state index is 0.808. The molecule has 0 amide bonds. The third kappa shape index (κ3) is 12.2. The molecule has 11 nitrogen and oxygen atoms in total. The van der Waals surface area contributed by atoms with Crippen LogP contribution in [0.4, 0.5) is 0 Å². The van der Waals surface area contributed by atoms with Gasteiger partial charge in [-0.2, -0.15) is 0 Å². The van der Waals surface area contributed by atoms with Crippen LogP contribution in [0, 0.1) is 0 Å². The highest BCUT2D eigenvalue weighted by atomic mass is 32.1. The van der Waals surface area contributed by atoms with Crippen LogP contribution in [0.1, 0.15) is 0 Å². The molecule has 0 aliphatic heterocycles. The fourth-order valence-corrected chi connectivity index (χ4v) is 21.6. The van der Waals surface area contributed by atoms with Crippen molar-refractivity contribution in [3.8, 4) is 88.2 Å². The second kappa shape index (κ2) is 29.7. The van der Waals surface area contributed by atoms with E-state index in [1.807, 2.05) is 107 Å². The maximum absolute atomic E-state index is 5.20. The SMILES string of the molecule is c1ccc(-c2cc3ccc4c(c5ccccc5n4-c4cccc(-c5cnc6c(ccc7cccnc76)c5)n4)c3s2)cc1.c1ccc(-c2cc3ccc4c(c5ccccc5n4-c4cccc(-n5c(-c6ccccc6)nnc5-c5ccccc5)c4)c3s2)cc1.c1ccc(-c2cc3ccc4c(c5ccccc5n4-c4cnc5c(ccc6cccnc65)c4)c3s2)cc1. The summed E-state index contributed by atoms with van der Waals surface area (Å²) in [4.78, 5) is 28.0. The van der Waals surface area contributed by atoms with Crippen molar-refractivity contribution < 1.29 is 0 Å². The van der Waals surface area contributed by atoms with Gasteiger partial charge in [-0.25, -0.2) is 4.98 Å². The van der Waals surface area contributed by atoms with E-state index in [4.69, 9.17) is 25.1 Å². The molecule has 26 rings (SSSR count). The molecule has 0 spiro atoms. The zero-order chi connectivity index (χ0) is 81.0. The summed E-state index contributed by atoms with van der Waals surface area (Å²) >= 11 is 5.60. The first-order valence-corrected chi connectivity index (χ1v) is 43.4. The Hall–Kier alpha value is -15.7. The van der Waals surface area contributed by atoms with E-state index in [1.54, 1.807) is 0 Å². The van der Waals surface area contributed by atoms with Gasteiger partial charge in [0.05, 0.1) is 78.4 Å². The van der Waals surface area contributed by atoms with E-state index in [9.17, 15) is 0 Å². The summed E-state index contributed by atoms with van der Waals surface area (Å²) in [5.41, 5.74) is 21.6. The van der Waals surface area contributed by atoms with Crippen molar-refractivity contribution in [2.45, 2.75) is 0 Å². The number of fused-ring (bicyclic) bond motifs is 21. The number of hydrogen-bond acceptors (Lipinski definition) is 10. The molecule has 0 unspecified atom stereocenters. The maximum atomic E-state index is 5.20. The molecule has 0 radical (unpaired) electrons. The molecule has 0 bridgehead atoms. The van der Waals surface area contributed by atoms with Gasteiger partial charge in [0.25, 0.3) is 0 Å². The molecule has 26 aromatic rings. The molecule has 0 aliphatic rings. The molecule has 0 atom stereocenters. The maximum Gasteiger partial charge on any atom is 0.168 e. The van der Waals surface area contributed by atoms with Crippen LogP contribution in [0.15, 0.2) is 407 Å². The van der Waals surface area contributed by atoms with Gasteiger partial charge in [-0.1, -0.05) is 273 Å². The molecule has 12 aromatic heterocycles. The molecule has 14 heteroatoms. The molecular formula is C109H67N11S3. The van der Waals surface area contributed by atoms with E-state index in [2.05, 4.69) is 362 Å². The molecule has 123 heavy (non-hydrogen) atoms. The van der Waals surface area contributed by atoms with E-state index in [0.717, 1.165) is 112 Å². The number of pyridine rings is 5. The fourth-order valence-electron chi connectivity index (χ4n) is 18.0. The summed E-state index contributed by atoms with van der Waals surface area (Å²) in [7, 11) is 0. The Morgan fingerprint density at radius 3 is 1.07 bits per heavy atom. The van der Waals surface area contributed by atoms with Crippen LogP contribution in [0.5, 0.6) is 0 Å². The fraction of sp³-hybridized carbons (Fsp3) is 0. The molecule has 12 heterocycles. The van der Waals surface area contributed by atoms with Gasteiger partial charge < -0.3 is 9.13 Å². The van der Waals surface area contributed by atoms with Gasteiger partial charge in [0.1, 0.15) is 5.82 Å². The molecule has 0 N–H and O–H groups in total. The first-order valence-electron chi connectivity index (χ1n) is 41.0. The lowest BCUT2D eigenvalue weighted by Crippen LogP contribution is -2.02. The van der Waals surface area contributed by atoms with E-state index < -0.39 is 0 Å². The highest BCUT2D eigenvalue weighted by Gasteiger charge is 2.25. The molecule has 0 fully saturated rings. The standard InChI is InChI=1S/C40H26N4S.C37H22N4S.C32H19N3S/c1-4-13-27(14-5-1)36-25-30-23-24-35-37(38(30)45-36)33-21-10-11-22-34(33)43(35)31-19-12-20-32(26-31)44-39(28-15-6-2-7-16-28)41-42-40(44)29-17-8-3-9-18-29;1-2-8-23(9-3-1)32-21-26-17-18-31-34(37(26)42-32)28-11-4-5-13-30(28)41(31)33-14-6-12-29(40-33)27-20-25-16-15-24-10-7-19-38-35(24)36(25)39-22-27;1-2-7-20(8-3-1)28-18-23-14-15-27-29(32(23)36-28)25-10-4-5-11-26(25)35(27)24-17-22-13-12-21-9-6-16-33-30(21)31(22)34-19-24/h1-26H;1-22H;1-19H. The number of thiophene rings is 3. The lowest BCUT2D eigenvalue weighted by Gasteiger charge is -2.14. The smallest absolute Gasteiger partial charge is 0.168 e. The van der Waals surface area contributed by atoms with Crippen molar-refractivity contribution in [3.63, 3.8) is 0 Å². The van der Waals surface area contributed by atoms with Crippen LogP contribution in [0.3, 0.4) is 0 Å². The summed E-state index contributed by atoms with van der Waals surface area (Å²) in [5, 5.41) is 25.2. The van der Waals surface area contributed by atoms with Gasteiger partial charge in [0.15, 0.2) is 11.6 Å². The minimum absolute atomic E-state index is 0.808. The number of benzene rings is 14. The Bertz CT molecular complexity index is 8590. The molecule has 14 aromatic carbocycles. The van der Waals surface area contributed by atoms with Gasteiger partial charge in [0, 0.05) is 124 Å². The van der Waals surface area contributed by atoms with Crippen LogP contribution in [-0.4, -0.2) is 53.4 Å². The minimum Gasteiger partial charge on any atom is -0.309 e.